The summed E-state index contributed by atoms with van der Waals surface area (Å²) in [7, 11) is -4.03. The molecule has 4 rings (SSSR count). The van der Waals surface area contributed by atoms with E-state index in [-0.39, 0.29) is 10.8 Å². The van der Waals surface area contributed by atoms with E-state index in [4.69, 9.17) is 0 Å². The van der Waals surface area contributed by atoms with Crippen LogP contribution in [0.3, 0.4) is 0 Å². The van der Waals surface area contributed by atoms with Gasteiger partial charge in [-0.1, -0.05) is 45.8 Å². The normalized spacial score (nSPS) is 13.5. The molecule has 0 atom stereocenters. The van der Waals surface area contributed by atoms with Crippen LogP contribution in [0.1, 0.15) is 28.8 Å². The van der Waals surface area contributed by atoms with Crippen LogP contribution in [0.25, 0.3) is 0 Å². The number of aryl methyl sites for hydroxylation is 1. The number of nitrogens with one attached hydrogen (secondary N) is 1. The molecule has 2 amide bonds. The quantitative estimate of drug-likeness (QED) is 0.452. The number of benzene rings is 3. The van der Waals surface area contributed by atoms with Gasteiger partial charge in [0.2, 0.25) is 5.91 Å². The number of hydrogen-bond donors (Lipinski definition) is 1. The fourth-order valence-electron chi connectivity index (χ4n) is 3.95. The monoisotopic (exact) mass is 555 g/mol. The number of sulfonamides is 1. The molecule has 0 saturated carbocycles. The van der Waals surface area contributed by atoms with E-state index in [1.54, 1.807) is 65.6 Å². The van der Waals surface area contributed by atoms with E-state index in [9.17, 15) is 18.0 Å². The molecule has 0 radical (unpaired) electrons. The number of likely N-dealkylation sites (tertiary alicyclic amines) is 1. The number of hydrogen-bond acceptors (Lipinski definition) is 4. The zero-order chi connectivity index (χ0) is 25.0. The summed E-state index contributed by atoms with van der Waals surface area (Å²) in [5.41, 5.74) is 2.03. The van der Waals surface area contributed by atoms with Crippen molar-refractivity contribution in [3.8, 4) is 0 Å². The van der Waals surface area contributed by atoms with Crippen molar-refractivity contribution >= 4 is 49.1 Å². The molecule has 0 aliphatic carbocycles. The molecular weight excluding hydrogens is 530 g/mol. The summed E-state index contributed by atoms with van der Waals surface area (Å²) >= 11 is 3.36. The second kappa shape index (κ2) is 10.6. The zero-order valence-corrected chi connectivity index (χ0v) is 21.7. The molecule has 1 N–H and O–H groups in total. The minimum atomic E-state index is -4.03. The minimum absolute atomic E-state index is 0.0865. The van der Waals surface area contributed by atoms with Crippen LogP contribution in [0.2, 0.25) is 0 Å². The predicted molar refractivity (Wildman–Crippen MR) is 140 cm³/mol. The maximum absolute atomic E-state index is 13.5. The number of para-hydroxylation sites is 1. The summed E-state index contributed by atoms with van der Waals surface area (Å²) < 4.78 is 28.9. The predicted octanol–water partition coefficient (Wildman–Crippen LogP) is 4.83. The van der Waals surface area contributed by atoms with Crippen LogP contribution >= 0.6 is 15.9 Å². The molecule has 35 heavy (non-hydrogen) atoms. The smallest absolute Gasteiger partial charge is 0.264 e. The molecule has 1 saturated heterocycles. The minimum Gasteiger partial charge on any atom is -0.339 e. The van der Waals surface area contributed by atoms with Crippen molar-refractivity contribution in [2.75, 3.05) is 29.3 Å². The highest BCUT2D eigenvalue weighted by Crippen LogP contribution is 2.26. The van der Waals surface area contributed by atoms with Crippen molar-refractivity contribution < 1.29 is 18.0 Å². The molecule has 1 aliphatic rings. The fraction of sp³-hybridized carbons (Fsp3) is 0.231. The topological polar surface area (TPSA) is 86.8 Å². The van der Waals surface area contributed by atoms with Gasteiger partial charge < -0.3 is 10.2 Å². The second-order valence-electron chi connectivity index (χ2n) is 8.39. The van der Waals surface area contributed by atoms with Crippen LogP contribution < -0.4 is 9.62 Å². The van der Waals surface area contributed by atoms with Gasteiger partial charge >= 0.3 is 0 Å². The van der Waals surface area contributed by atoms with E-state index in [1.165, 1.54) is 12.1 Å². The van der Waals surface area contributed by atoms with E-state index in [1.807, 2.05) is 6.92 Å². The first-order valence-electron chi connectivity index (χ1n) is 11.3. The molecule has 1 fully saturated rings. The van der Waals surface area contributed by atoms with E-state index < -0.39 is 22.5 Å². The first-order chi connectivity index (χ1) is 16.8. The van der Waals surface area contributed by atoms with E-state index >= 15 is 0 Å². The third kappa shape index (κ3) is 5.74. The Hall–Kier alpha value is -3.17. The first kappa shape index (κ1) is 24.9. The highest BCUT2D eigenvalue weighted by Gasteiger charge is 2.28. The Morgan fingerprint density at radius 1 is 0.943 bits per heavy atom. The van der Waals surface area contributed by atoms with Crippen molar-refractivity contribution in [2.24, 2.45) is 0 Å². The lowest BCUT2D eigenvalue weighted by Crippen LogP contribution is -2.38. The summed E-state index contributed by atoms with van der Waals surface area (Å²) in [6.07, 6.45) is 1.92. The average molecular weight is 556 g/mol. The molecular formula is C26H26BrN3O4S. The van der Waals surface area contributed by atoms with Gasteiger partial charge in [0.05, 0.1) is 21.8 Å². The van der Waals surface area contributed by atoms with Gasteiger partial charge in [0.25, 0.3) is 15.9 Å². The second-order valence-corrected chi connectivity index (χ2v) is 11.2. The summed E-state index contributed by atoms with van der Waals surface area (Å²) in [4.78, 5) is 28.0. The molecule has 3 aromatic rings. The molecule has 182 valence electrons. The van der Waals surface area contributed by atoms with Crippen molar-refractivity contribution in [2.45, 2.75) is 24.7 Å². The molecule has 0 aromatic heterocycles. The van der Waals surface area contributed by atoms with Crippen molar-refractivity contribution in [3.05, 3.63) is 88.4 Å². The Bertz CT molecular complexity index is 1320. The molecule has 3 aromatic carbocycles. The fourth-order valence-corrected chi connectivity index (χ4v) is 5.63. The lowest BCUT2D eigenvalue weighted by atomic mass is 10.1. The molecule has 1 heterocycles. The maximum atomic E-state index is 13.5. The SMILES string of the molecule is Cc1ccc(S(=O)(=O)N(CC(=O)Nc2ccccc2C(=O)N2CCCC2)c2ccc(Br)cc2)cc1. The number of nitrogens with zero attached hydrogens (tertiary/aromatic N) is 2. The Morgan fingerprint density at radius 3 is 2.23 bits per heavy atom. The van der Waals surface area contributed by atoms with Gasteiger partial charge in [0.1, 0.15) is 6.54 Å². The molecule has 0 bridgehead atoms. The largest absolute Gasteiger partial charge is 0.339 e. The number of carbonyl (C=O) groups excluding carboxylic acids is 2. The third-order valence-electron chi connectivity index (χ3n) is 5.84. The van der Waals surface area contributed by atoms with Gasteiger partial charge in [-0.25, -0.2) is 8.42 Å². The molecule has 1 aliphatic heterocycles. The van der Waals surface area contributed by atoms with Crippen molar-refractivity contribution in [1.29, 1.82) is 0 Å². The standard InChI is InChI=1S/C26H26BrN3O4S/c1-19-8-14-22(15-9-19)35(33,34)30(21-12-10-20(27)11-13-21)18-25(31)28-24-7-3-2-6-23(24)26(32)29-16-4-5-17-29/h2-3,6-15H,4-5,16-18H2,1H3,(H,28,31). The van der Waals surface area contributed by atoms with Crippen LogP contribution in [0.15, 0.2) is 82.2 Å². The van der Waals surface area contributed by atoms with Gasteiger partial charge in [-0.3, -0.25) is 13.9 Å². The number of anilines is 2. The summed E-state index contributed by atoms with van der Waals surface area (Å²) in [5.74, 6) is -0.694. The molecule has 0 unspecified atom stereocenters. The number of halogens is 1. The summed E-state index contributed by atoms with van der Waals surface area (Å²) in [6, 6.07) is 20.0. The third-order valence-corrected chi connectivity index (χ3v) is 8.15. The van der Waals surface area contributed by atoms with E-state index in [0.29, 0.717) is 30.0 Å². The van der Waals surface area contributed by atoms with Gasteiger partial charge in [-0.2, -0.15) is 0 Å². The summed E-state index contributed by atoms with van der Waals surface area (Å²) in [6.45, 7) is 2.79. The number of amides is 2. The Balaban J connectivity index is 1.62. The Kier molecular flexibility index (Phi) is 7.57. The first-order valence-corrected chi connectivity index (χ1v) is 13.5. The van der Waals surface area contributed by atoms with Gasteiger partial charge in [0, 0.05) is 17.6 Å². The number of rotatable bonds is 7. The maximum Gasteiger partial charge on any atom is 0.264 e. The highest BCUT2D eigenvalue weighted by atomic mass is 79.9. The van der Waals surface area contributed by atoms with Crippen molar-refractivity contribution in [1.82, 2.24) is 4.90 Å². The molecule has 9 heteroatoms. The Morgan fingerprint density at radius 2 is 1.57 bits per heavy atom. The Labute approximate surface area is 213 Å². The lowest BCUT2D eigenvalue weighted by Gasteiger charge is -2.24. The van der Waals surface area contributed by atoms with Gasteiger partial charge in [-0.05, 0) is 68.3 Å². The average Bonchev–Trinajstić information content (AvgIpc) is 3.38. The van der Waals surface area contributed by atoms with Crippen molar-refractivity contribution in [3.63, 3.8) is 0 Å². The number of carbonyl (C=O) groups is 2. The highest BCUT2D eigenvalue weighted by molar-refractivity contribution is 9.10. The lowest BCUT2D eigenvalue weighted by molar-refractivity contribution is -0.114. The summed E-state index contributed by atoms with van der Waals surface area (Å²) in [5, 5.41) is 2.76. The van der Waals surface area contributed by atoms with Crippen LogP contribution in [0.5, 0.6) is 0 Å². The molecule has 0 spiro atoms. The van der Waals surface area contributed by atoms with Crippen LogP contribution in [0, 0.1) is 6.92 Å². The van der Waals surface area contributed by atoms with E-state index in [2.05, 4.69) is 21.2 Å². The zero-order valence-electron chi connectivity index (χ0n) is 19.3. The van der Waals surface area contributed by atoms with Crippen LogP contribution in [-0.4, -0.2) is 44.8 Å². The van der Waals surface area contributed by atoms with Gasteiger partial charge in [-0.15, -0.1) is 0 Å². The van der Waals surface area contributed by atoms with Crippen LogP contribution in [-0.2, 0) is 14.8 Å². The molecule has 7 nitrogen and oxygen atoms in total. The van der Waals surface area contributed by atoms with E-state index in [0.717, 1.165) is 27.2 Å². The van der Waals surface area contributed by atoms with Gasteiger partial charge in [0.15, 0.2) is 0 Å². The van der Waals surface area contributed by atoms with Crippen LogP contribution in [0.4, 0.5) is 11.4 Å².